The van der Waals surface area contributed by atoms with Crippen molar-refractivity contribution in [2.45, 2.75) is 376 Å². The van der Waals surface area contributed by atoms with Crippen molar-refractivity contribution in [1.29, 1.82) is 0 Å². The Hall–Kier alpha value is -0.506. The van der Waals surface area contributed by atoms with Crippen molar-refractivity contribution in [2.75, 3.05) is 13.7 Å². The van der Waals surface area contributed by atoms with Gasteiger partial charge in [-0.2, -0.15) is 0 Å². The van der Waals surface area contributed by atoms with Crippen LogP contribution < -0.4 is 0 Å². The van der Waals surface area contributed by atoms with E-state index in [1.54, 1.807) is 7.11 Å². The van der Waals surface area contributed by atoms with Gasteiger partial charge in [0.15, 0.2) is 41.6 Å². The lowest BCUT2D eigenvalue weighted by Gasteiger charge is -2.56. The van der Waals surface area contributed by atoms with Gasteiger partial charge in [-0.1, -0.05) is 136 Å². The number of ether oxygens (including phenoxy) is 6. The number of hydrogen-bond acceptors (Lipinski definition) is 13. The van der Waals surface area contributed by atoms with Gasteiger partial charge in [0.05, 0.1) is 79.9 Å². The third-order valence-electron chi connectivity index (χ3n) is 23.7. The van der Waals surface area contributed by atoms with Crippen molar-refractivity contribution in [1.82, 2.24) is 0 Å². The Morgan fingerprint density at radius 3 is 1.61 bits per heavy atom. The Morgan fingerprint density at radius 1 is 0.545 bits per heavy atom. The summed E-state index contributed by atoms with van der Waals surface area (Å²) < 4.78 is 80.5. The number of carbonyl (C=O) groups is 1. The molecule has 18 atom stereocenters. The van der Waals surface area contributed by atoms with Gasteiger partial charge in [-0.15, -0.1) is 0 Å². The minimum atomic E-state index is -2.58. The van der Waals surface area contributed by atoms with Crippen molar-refractivity contribution in [3.05, 3.63) is 36.5 Å². The van der Waals surface area contributed by atoms with Gasteiger partial charge >= 0.3 is 0 Å². The number of aliphatic hydroxyl groups is 1. The molecule has 0 spiro atoms. The molecule has 5 fully saturated rings. The highest BCUT2D eigenvalue weighted by atomic mass is 28.4. The van der Waals surface area contributed by atoms with E-state index in [4.69, 9.17) is 50.6 Å². The number of fused-ring (bicyclic) bond motifs is 2. The predicted molar refractivity (Wildman–Crippen MR) is 372 cm³/mol. The largest absolute Gasteiger partial charge is 0.414 e. The molecule has 8 aliphatic rings. The summed E-state index contributed by atoms with van der Waals surface area (Å²) in [5.74, 6) is 0.0699. The third kappa shape index (κ3) is 18.7. The molecule has 0 aromatic rings. The van der Waals surface area contributed by atoms with E-state index in [-0.39, 0.29) is 111 Å². The summed E-state index contributed by atoms with van der Waals surface area (Å²) in [5, 5.41) is 11.5. The first-order chi connectivity index (χ1) is 40.0. The molecule has 510 valence electrons. The zero-order valence-corrected chi connectivity index (χ0v) is 66.0. The number of aliphatic hydroxyl groups excluding tert-OH is 1. The first-order valence-electron chi connectivity index (χ1n) is 34.4. The molecular weight excluding hydrogens is 1190 g/mol. The zero-order valence-electron chi connectivity index (χ0n) is 61.0. The monoisotopic (exact) mass is 1320 g/mol. The second-order valence-electron chi connectivity index (χ2n) is 35.7. The minimum absolute atomic E-state index is 0.0128. The van der Waals surface area contributed by atoms with Crippen molar-refractivity contribution >= 4 is 47.4 Å². The molecule has 18 heteroatoms. The van der Waals surface area contributed by atoms with E-state index in [0.717, 1.165) is 36.8 Å². The van der Waals surface area contributed by atoms with Gasteiger partial charge in [-0.3, -0.25) is 4.79 Å². The lowest BCUT2D eigenvalue weighted by molar-refractivity contribution is -0.266. The van der Waals surface area contributed by atoms with Gasteiger partial charge in [0.1, 0.15) is 30.2 Å². The normalized spacial score (nSPS) is 35.4. The standard InChI is InChI=1S/C70H132O13Si5/c1-45-38-51-33-36-55-46(2)39-50(75-55)32-30-48(71)31-35-57(81-86(24,25)68(10,11)12)63-65(83-88(28,29)70(16,17)18)64(82-87(26,27)69(13,14)15)62-56(79-63)37-34-52(77-62)40-49(72)41-54-59(43-58(76-51)47(45)3)78-60(61(54)73-19)42-53(80-85(22,23)67(7,8)9)44-74-84(20,21)66(4,5)6/h31,35,45,48,50-65,71H,2-3,30,32-34,36-44H2,1,4-29H3/b35-31+/t45-,48?,50+,51+,52?,53-,54+,55?,56+,57+,58?,59+,60-,61-,62+,63+,64-,65-/m1/s1. The Balaban J connectivity index is 1.45. The van der Waals surface area contributed by atoms with E-state index >= 15 is 4.79 Å². The SMILES string of the molecule is C=C1C[C@@H]2CCC(O)/C=C/[C@H](O[Si](C)(C)C(C)(C)C)[C@@H]3O[C@H]4CCC(CC(=O)C[C@@H]5[C@@H](OC)[C@@H](C[C@H](CO[Si](C)(C)C(C)(C)C)O[Si](C)(C)C(C)(C)C)O[C@H]5CC5O[C@@H](CCC1O2)C[C@@H](C)C5=C)O[C@@H]4[C@@H](O[Si](C)(C)C(C)(C)C)[C@@H]3O[Si](C)(C)C(C)(C)C. The number of ketones is 1. The lowest BCUT2D eigenvalue weighted by atomic mass is 9.81. The average Bonchev–Trinajstić information content (AvgIpc) is 0.954. The molecule has 88 heavy (non-hydrogen) atoms. The number of methoxy groups -OCH3 is 1. The average molecular weight is 1320 g/mol. The van der Waals surface area contributed by atoms with Gasteiger partial charge in [0.25, 0.3) is 0 Å². The molecule has 1 N–H and O–H groups in total. The van der Waals surface area contributed by atoms with E-state index in [1.807, 2.05) is 6.08 Å². The summed E-state index contributed by atoms with van der Waals surface area (Å²) in [7, 11) is -10.3. The molecular formula is C70H132O13Si5. The van der Waals surface area contributed by atoms with Crippen LogP contribution in [0.1, 0.15) is 188 Å². The van der Waals surface area contributed by atoms with Gasteiger partial charge < -0.3 is 55.7 Å². The van der Waals surface area contributed by atoms with Crippen LogP contribution >= 0.6 is 0 Å². The molecule has 0 radical (unpaired) electrons. The molecule has 8 aliphatic heterocycles. The Morgan fingerprint density at radius 2 is 1.06 bits per heavy atom. The topological polar surface area (TPSA) is 139 Å². The molecule has 8 bridgehead atoms. The van der Waals surface area contributed by atoms with Crippen molar-refractivity contribution < 1.29 is 60.5 Å². The van der Waals surface area contributed by atoms with E-state index in [0.29, 0.717) is 45.1 Å². The van der Waals surface area contributed by atoms with Crippen LogP contribution in [0.5, 0.6) is 0 Å². The fourth-order valence-electron chi connectivity index (χ4n) is 12.5. The minimum Gasteiger partial charge on any atom is -0.414 e. The van der Waals surface area contributed by atoms with Crippen LogP contribution in [-0.4, -0.2) is 164 Å². The van der Waals surface area contributed by atoms with Gasteiger partial charge in [0.2, 0.25) is 0 Å². The molecule has 0 saturated carbocycles. The molecule has 0 aliphatic carbocycles. The van der Waals surface area contributed by atoms with E-state index < -0.39 is 84.3 Å². The molecule has 0 aromatic heterocycles. The maximum atomic E-state index is 15.4. The Kier molecular flexibility index (Phi) is 24.9. The molecule has 4 unspecified atom stereocenters. The van der Waals surface area contributed by atoms with Crippen LogP contribution in [0.2, 0.25) is 90.7 Å². The van der Waals surface area contributed by atoms with E-state index in [9.17, 15) is 5.11 Å². The smallest absolute Gasteiger partial charge is 0.193 e. The van der Waals surface area contributed by atoms with Crippen LogP contribution in [0.3, 0.4) is 0 Å². The summed E-state index contributed by atoms with van der Waals surface area (Å²) >= 11 is 0. The summed E-state index contributed by atoms with van der Waals surface area (Å²) in [6.07, 6.45) is 5.27. The van der Waals surface area contributed by atoms with Crippen LogP contribution in [-0.2, 0) is 55.3 Å². The molecule has 0 aromatic carbocycles. The number of hydrogen-bond donors (Lipinski definition) is 1. The summed E-state index contributed by atoms with van der Waals surface area (Å²) in [4.78, 5) is 15.4. The molecule has 13 nitrogen and oxygen atoms in total. The fourth-order valence-corrected chi connectivity index (χ4v) is 18.8. The highest BCUT2D eigenvalue weighted by Crippen LogP contribution is 2.50. The first kappa shape index (κ1) is 76.5. The zero-order chi connectivity index (χ0) is 66.5. The molecule has 8 rings (SSSR count). The maximum absolute atomic E-state index is 15.4. The van der Waals surface area contributed by atoms with Crippen molar-refractivity contribution in [3.63, 3.8) is 0 Å². The Labute approximate surface area is 543 Å². The van der Waals surface area contributed by atoms with Crippen LogP contribution in [0.4, 0.5) is 0 Å². The summed E-state index contributed by atoms with van der Waals surface area (Å²) in [6.45, 7) is 69.2. The fraction of sp³-hybridized carbons (Fsp3) is 0.900. The van der Waals surface area contributed by atoms with Crippen LogP contribution in [0.25, 0.3) is 0 Å². The van der Waals surface area contributed by atoms with E-state index in [1.165, 1.54) is 0 Å². The molecule has 0 amide bonds. The predicted octanol–water partition coefficient (Wildman–Crippen LogP) is 17.0. The lowest BCUT2D eigenvalue weighted by Crippen LogP contribution is -2.69. The maximum Gasteiger partial charge on any atom is 0.193 e. The summed E-state index contributed by atoms with van der Waals surface area (Å²) in [6, 6.07) is 0. The highest BCUT2D eigenvalue weighted by molar-refractivity contribution is 6.76. The van der Waals surface area contributed by atoms with Crippen LogP contribution in [0, 0.1) is 11.8 Å². The second-order valence-corrected chi connectivity index (χ2v) is 59.5. The quantitative estimate of drug-likeness (QED) is 0.131. The number of rotatable bonds is 14. The van der Waals surface area contributed by atoms with Crippen LogP contribution in [0.15, 0.2) is 36.5 Å². The highest BCUT2D eigenvalue weighted by Gasteiger charge is 2.59. The van der Waals surface area contributed by atoms with Crippen molar-refractivity contribution in [2.24, 2.45) is 11.8 Å². The second kappa shape index (κ2) is 28.7. The first-order valence-corrected chi connectivity index (χ1v) is 48.9. The number of carbonyl (C=O) groups excluding carboxylic acids is 1. The molecule has 5 saturated heterocycles. The Bertz CT molecular complexity index is 2360. The van der Waals surface area contributed by atoms with E-state index in [2.05, 4.69) is 195 Å². The summed E-state index contributed by atoms with van der Waals surface area (Å²) in [5.41, 5.74) is 2.17. The van der Waals surface area contributed by atoms with Crippen molar-refractivity contribution in [3.8, 4) is 0 Å². The van der Waals surface area contributed by atoms with Gasteiger partial charge in [-0.05, 0) is 159 Å². The molecule has 8 heterocycles. The third-order valence-corrected chi connectivity index (χ3v) is 46.1. The van der Waals surface area contributed by atoms with Gasteiger partial charge in [-0.25, -0.2) is 0 Å². The van der Waals surface area contributed by atoms with Gasteiger partial charge in [0, 0.05) is 38.7 Å². The number of Topliss-reactive ketones (excluding diaryl/α,β-unsaturated/α-hetero) is 1.